The summed E-state index contributed by atoms with van der Waals surface area (Å²) in [5, 5.41) is 0.368. The van der Waals surface area contributed by atoms with E-state index in [2.05, 4.69) is 15.9 Å². The van der Waals surface area contributed by atoms with Crippen molar-refractivity contribution in [2.75, 3.05) is 13.1 Å². The van der Waals surface area contributed by atoms with Gasteiger partial charge in [-0.15, -0.1) is 11.3 Å². The number of sulfonamides is 1. The molecule has 19 heavy (non-hydrogen) atoms. The van der Waals surface area contributed by atoms with Gasteiger partial charge in [0, 0.05) is 13.1 Å². The Morgan fingerprint density at radius 3 is 2.79 bits per heavy atom. The first-order valence-corrected chi connectivity index (χ1v) is 8.99. The molecule has 1 amide bonds. The van der Waals surface area contributed by atoms with E-state index in [9.17, 15) is 13.2 Å². The van der Waals surface area contributed by atoms with Crippen LogP contribution in [0, 0.1) is 5.92 Å². The zero-order valence-corrected chi connectivity index (χ0v) is 13.8. The zero-order valence-electron chi connectivity index (χ0n) is 9.80. The van der Waals surface area contributed by atoms with Gasteiger partial charge in [-0.3, -0.25) is 4.79 Å². The monoisotopic (exact) mass is 386 g/mol. The molecule has 0 bridgehead atoms. The Kier molecular flexibility index (Phi) is 4.56. The van der Waals surface area contributed by atoms with Crippen LogP contribution in [0.2, 0.25) is 5.02 Å². The van der Waals surface area contributed by atoms with Crippen molar-refractivity contribution in [3.8, 4) is 0 Å². The molecule has 0 saturated carbocycles. The largest absolute Gasteiger partial charge is 0.369 e. The number of carbonyl (C=O) groups excluding carboxylic acids is 1. The normalized spacial score (nSPS) is 21.5. The van der Waals surface area contributed by atoms with Crippen LogP contribution in [0.3, 0.4) is 0 Å². The van der Waals surface area contributed by atoms with Crippen LogP contribution >= 0.6 is 38.9 Å². The average molecular weight is 388 g/mol. The molecule has 0 radical (unpaired) electrons. The lowest BCUT2D eigenvalue weighted by molar-refractivity contribution is -0.122. The summed E-state index contributed by atoms with van der Waals surface area (Å²) in [5.41, 5.74) is 5.25. The number of carbonyl (C=O) groups is 1. The lowest BCUT2D eigenvalue weighted by Gasteiger charge is -2.29. The molecule has 1 saturated heterocycles. The Bertz CT molecular complexity index is 582. The van der Waals surface area contributed by atoms with E-state index >= 15 is 0 Å². The van der Waals surface area contributed by atoms with E-state index in [-0.39, 0.29) is 10.8 Å². The standard InChI is InChI=1S/C10H12BrClN2O3S2/c11-9-7(12)4-8(18-9)19(16,17)14-3-1-2-6(5-14)10(13)15/h4,6H,1-3,5H2,(H2,13,15). The molecule has 2 rings (SSSR count). The van der Waals surface area contributed by atoms with Gasteiger partial charge in [-0.25, -0.2) is 8.42 Å². The van der Waals surface area contributed by atoms with E-state index in [4.69, 9.17) is 17.3 Å². The minimum Gasteiger partial charge on any atom is -0.369 e. The molecule has 9 heteroatoms. The van der Waals surface area contributed by atoms with Gasteiger partial charge >= 0.3 is 0 Å². The first kappa shape index (κ1) is 15.2. The number of rotatable bonds is 3. The van der Waals surface area contributed by atoms with Gasteiger partial charge in [-0.1, -0.05) is 11.6 Å². The number of nitrogens with zero attached hydrogens (tertiary/aromatic N) is 1. The van der Waals surface area contributed by atoms with Crippen molar-refractivity contribution >= 4 is 54.8 Å². The number of piperidine rings is 1. The quantitative estimate of drug-likeness (QED) is 0.862. The number of primary amides is 1. The Labute approximate surface area is 128 Å². The third-order valence-corrected chi connectivity index (χ3v) is 7.79. The van der Waals surface area contributed by atoms with Crippen LogP contribution in [0.25, 0.3) is 0 Å². The van der Waals surface area contributed by atoms with Crippen molar-refractivity contribution in [2.45, 2.75) is 17.1 Å². The molecule has 0 aromatic carbocycles. The Hall–Kier alpha value is -0.150. The van der Waals surface area contributed by atoms with E-state index in [1.807, 2.05) is 0 Å². The van der Waals surface area contributed by atoms with E-state index in [0.717, 1.165) is 11.3 Å². The lowest BCUT2D eigenvalue weighted by Crippen LogP contribution is -2.43. The minimum atomic E-state index is -3.60. The van der Waals surface area contributed by atoms with Gasteiger partial charge in [0.1, 0.15) is 4.21 Å². The van der Waals surface area contributed by atoms with E-state index in [0.29, 0.717) is 28.2 Å². The van der Waals surface area contributed by atoms with Crippen molar-refractivity contribution in [2.24, 2.45) is 11.7 Å². The zero-order chi connectivity index (χ0) is 14.2. The summed E-state index contributed by atoms with van der Waals surface area (Å²) in [6.45, 7) is 0.546. The maximum absolute atomic E-state index is 12.4. The molecule has 1 aliphatic rings. The second-order valence-corrected chi connectivity index (χ2v) is 9.23. The van der Waals surface area contributed by atoms with Crippen LogP contribution in [-0.2, 0) is 14.8 Å². The van der Waals surface area contributed by atoms with Gasteiger partial charge in [0.05, 0.1) is 14.7 Å². The molecule has 106 valence electrons. The first-order chi connectivity index (χ1) is 8.82. The molecule has 1 aliphatic heterocycles. The van der Waals surface area contributed by atoms with Crippen molar-refractivity contribution < 1.29 is 13.2 Å². The lowest BCUT2D eigenvalue weighted by atomic mass is 9.99. The number of amides is 1. The second-order valence-electron chi connectivity index (χ2n) is 4.29. The van der Waals surface area contributed by atoms with Crippen LogP contribution in [0.1, 0.15) is 12.8 Å². The van der Waals surface area contributed by atoms with E-state index < -0.39 is 21.8 Å². The molecule has 2 heterocycles. The van der Waals surface area contributed by atoms with Gasteiger partial charge in [0.2, 0.25) is 5.91 Å². The summed E-state index contributed by atoms with van der Waals surface area (Å²) in [6.07, 6.45) is 1.27. The third-order valence-electron chi connectivity index (χ3n) is 3.00. The highest BCUT2D eigenvalue weighted by molar-refractivity contribution is 9.11. The molecule has 0 spiro atoms. The molecule has 1 fully saturated rings. The van der Waals surface area contributed by atoms with Crippen LogP contribution in [0.5, 0.6) is 0 Å². The molecule has 1 aromatic rings. The summed E-state index contributed by atoms with van der Waals surface area (Å²) in [5.74, 6) is -0.868. The number of nitrogens with two attached hydrogens (primary N) is 1. The van der Waals surface area contributed by atoms with Crippen LogP contribution in [0.4, 0.5) is 0 Å². The Morgan fingerprint density at radius 2 is 2.26 bits per heavy atom. The van der Waals surface area contributed by atoms with Gasteiger partial charge < -0.3 is 5.73 Å². The summed E-state index contributed by atoms with van der Waals surface area (Å²) < 4.78 is 26.9. The first-order valence-electron chi connectivity index (χ1n) is 5.56. The predicted molar refractivity (Wildman–Crippen MR) is 77.7 cm³/mol. The fourth-order valence-corrected chi connectivity index (χ4v) is 6.05. The molecular weight excluding hydrogens is 376 g/mol. The fourth-order valence-electron chi connectivity index (χ4n) is 1.97. The maximum atomic E-state index is 12.4. The van der Waals surface area contributed by atoms with Gasteiger partial charge in [-0.2, -0.15) is 4.31 Å². The Morgan fingerprint density at radius 1 is 1.58 bits per heavy atom. The summed E-state index contributed by atoms with van der Waals surface area (Å²) in [4.78, 5) is 11.2. The summed E-state index contributed by atoms with van der Waals surface area (Å²) in [6, 6.07) is 1.42. The predicted octanol–water partition coefficient (Wildman–Crippen LogP) is 2.05. The smallest absolute Gasteiger partial charge is 0.252 e. The second kappa shape index (κ2) is 5.69. The SMILES string of the molecule is NC(=O)C1CCCN(S(=O)(=O)c2cc(Cl)c(Br)s2)C1. The van der Waals surface area contributed by atoms with Crippen LogP contribution in [0.15, 0.2) is 14.1 Å². The minimum absolute atomic E-state index is 0.144. The van der Waals surface area contributed by atoms with E-state index in [1.165, 1.54) is 10.4 Å². The third kappa shape index (κ3) is 3.13. The van der Waals surface area contributed by atoms with Gasteiger partial charge in [0.25, 0.3) is 10.0 Å². The molecule has 1 aromatic heterocycles. The molecule has 2 N–H and O–H groups in total. The summed E-state index contributed by atoms with van der Waals surface area (Å²) >= 11 is 10.1. The number of hydrogen-bond donors (Lipinski definition) is 1. The van der Waals surface area contributed by atoms with Crippen molar-refractivity contribution in [1.29, 1.82) is 0 Å². The molecule has 1 unspecified atom stereocenters. The van der Waals surface area contributed by atoms with Gasteiger partial charge in [-0.05, 0) is 34.8 Å². The van der Waals surface area contributed by atoms with Crippen LogP contribution < -0.4 is 5.73 Å². The fraction of sp³-hybridized carbons (Fsp3) is 0.500. The molecule has 5 nitrogen and oxygen atoms in total. The molecular formula is C10H12BrClN2O3S2. The van der Waals surface area contributed by atoms with Gasteiger partial charge in [0.15, 0.2) is 0 Å². The molecule has 1 atom stereocenters. The van der Waals surface area contributed by atoms with Crippen LogP contribution in [-0.4, -0.2) is 31.7 Å². The highest BCUT2D eigenvalue weighted by Gasteiger charge is 2.33. The van der Waals surface area contributed by atoms with E-state index in [1.54, 1.807) is 0 Å². The Balaban J connectivity index is 2.26. The average Bonchev–Trinajstić information content (AvgIpc) is 2.70. The number of halogens is 2. The highest BCUT2D eigenvalue weighted by atomic mass is 79.9. The highest BCUT2D eigenvalue weighted by Crippen LogP contribution is 2.36. The number of hydrogen-bond acceptors (Lipinski definition) is 4. The van der Waals surface area contributed by atoms with Crippen molar-refractivity contribution in [3.05, 3.63) is 14.9 Å². The topological polar surface area (TPSA) is 80.5 Å². The maximum Gasteiger partial charge on any atom is 0.252 e. The number of thiophene rings is 1. The summed E-state index contributed by atoms with van der Waals surface area (Å²) in [7, 11) is -3.60. The molecule has 0 aliphatic carbocycles. The van der Waals surface area contributed by atoms with Crippen molar-refractivity contribution in [1.82, 2.24) is 4.31 Å². The van der Waals surface area contributed by atoms with Crippen molar-refractivity contribution in [3.63, 3.8) is 0 Å².